The van der Waals surface area contributed by atoms with E-state index in [0.717, 1.165) is 0 Å². The van der Waals surface area contributed by atoms with Crippen LogP contribution in [0.15, 0.2) is 18.2 Å². The standard InChI is InChI=1S/C15H19F3N2O3/c1-3-4-13(21)19-8-14(22)20-11-5-6-12(10(2)7-11)23-9-15(16,17)18/h5-7H,3-4,8-9H2,1-2H3,(H,19,21)(H,20,22). The van der Waals surface area contributed by atoms with Gasteiger partial charge in [0.2, 0.25) is 11.8 Å². The summed E-state index contributed by atoms with van der Waals surface area (Å²) in [5, 5.41) is 5.01. The number of ether oxygens (including phenoxy) is 1. The Morgan fingerprint density at radius 2 is 1.91 bits per heavy atom. The fraction of sp³-hybridized carbons (Fsp3) is 0.467. The second-order valence-corrected chi connectivity index (χ2v) is 4.96. The number of carbonyl (C=O) groups is 2. The lowest BCUT2D eigenvalue weighted by atomic mass is 10.2. The third-order valence-electron chi connectivity index (χ3n) is 2.77. The molecule has 1 aromatic carbocycles. The molecule has 2 N–H and O–H groups in total. The Kier molecular flexibility index (Phi) is 6.87. The predicted molar refractivity (Wildman–Crippen MR) is 79.3 cm³/mol. The van der Waals surface area contributed by atoms with E-state index in [9.17, 15) is 22.8 Å². The maximum absolute atomic E-state index is 12.1. The lowest BCUT2D eigenvalue weighted by Gasteiger charge is -2.13. The van der Waals surface area contributed by atoms with Crippen molar-refractivity contribution in [2.45, 2.75) is 32.9 Å². The summed E-state index contributed by atoms with van der Waals surface area (Å²) in [4.78, 5) is 22.9. The van der Waals surface area contributed by atoms with Crippen LogP contribution >= 0.6 is 0 Å². The van der Waals surface area contributed by atoms with Gasteiger partial charge in [-0.1, -0.05) is 6.92 Å². The smallest absolute Gasteiger partial charge is 0.422 e. The van der Waals surface area contributed by atoms with Gasteiger partial charge < -0.3 is 15.4 Å². The number of halogens is 3. The van der Waals surface area contributed by atoms with E-state index in [0.29, 0.717) is 24.1 Å². The maximum Gasteiger partial charge on any atom is 0.422 e. The van der Waals surface area contributed by atoms with Gasteiger partial charge >= 0.3 is 6.18 Å². The zero-order valence-corrected chi connectivity index (χ0v) is 12.9. The summed E-state index contributed by atoms with van der Waals surface area (Å²) in [7, 11) is 0. The van der Waals surface area contributed by atoms with Crippen LogP contribution in [0.1, 0.15) is 25.3 Å². The number of anilines is 1. The minimum atomic E-state index is -4.41. The minimum absolute atomic E-state index is 0.0940. The fourth-order valence-electron chi connectivity index (χ4n) is 1.75. The molecule has 2 amide bonds. The van der Waals surface area contributed by atoms with Gasteiger partial charge in [-0.2, -0.15) is 13.2 Å². The first-order chi connectivity index (χ1) is 10.7. The molecule has 0 atom stereocenters. The second kappa shape index (κ2) is 8.40. The quantitative estimate of drug-likeness (QED) is 0.807. The molecule has 0 bridgehead atoms. The zero-order valence-electron chi connectivity index (χ0n) is 12.9. The molecule has 0 aliphatic carbocycles. The largest absolute Gasteiger partial charge is 0.484 e. The Bertz CT molecular complexity index is 559. The van der Waals surface area contributed by atoms with Gasteiger partial charge in [0.05, 0.1) is 6.54 Å². The molecule has 0 aromatic heterocycles. The van der Waals surface area contributed by atoms with Crippen LogP contribution in [0.4, 0.5) is 18.9 Å². The van der Waals surface area contributed by atoms with Crippen molar-refractivity contribution in [1.82, 2.24) is 5.32 Å². The van der Waals surface area contributed by atoms with E-state index in [1.807, 2.05) is 6.92 Å². The highest BCUT2D eigenvalue weighted by Crippen LogP contribution is 2.24. The summed E-state index contributed by atoms with van der Waals surface area (Å²) < 4.78 is 41.0. The molecule has 1 rings (SSSR count). The van der Waals surface area contributed by atoms with Crippen molar-refractivity contribution < 1.29 is 27.5 Å². The van der Waals surface area contributed by atoms with Gasteiger partial charge in [0.25, 0.3) is 0 Å². The molecule has 0 aliphatic heterocycles. The van der Waals surface area contributed by atoms with E-state index in [1.165, 1.54) is 18.2 Å². The highest BCUT2D eigenvalue weighted by atomic mass is 19.4. The normalized spacial score (nSPS) is 11.0. The summed E-state index contributed by atoms with van der Waals surface area (Å²) in [5.74, 6) is -0.538. The van der Waals surface area contributed by atoms with Crippen LogP contribution in [0.5, 0.6) is 5.75 Å². The zero-order chi connectivity index (χ0) is 17.5. The first kappa shape index (κ1) is 18.8. The van der Waals surface area contributed by atoms with E-state index in [2.05, 4.69) is 15.4 Å². The van der Waals surface area contributed by atoms with Crippen LogP contribution in [0.3, 0.4) is 0 Å². The lowest BCUT2D eigenvalue weighted by Crippen LogP contribution is -2.32. The molecule has 0 heterocycles. The summed E-state index contributed by atoms with van der Waals surface area (Å²) in [6.45, 7) is 1.89. The number of rotatable bonds is 7. The Morgan fingerprint density at radius 1 is 1.22 bits per heavy atom. The van der Waals surface area contributed by atoms with E-state index in [4.69, 9.17) is 0 Å². The van der Waals surface area contributed by atoms with Gasteiger partial charge in [-0.05, 0) is 37.1 Å². The van der Waals surface area contributed by atoms with E-state index < -0.39 is 18.7 Å². The number of aryl methyl sites for hydroxylation is 1. The van der Waals surface area contributed by atoms with Gasteiger partial charge in [-0.25, -0.2) is 0 Å². The molecule has 5 nitrogen and oxygen atoms in total. The number of hydrogen-bond donors (Lipinski definition) is 2. The van der Waals surface area contributed by atoms with Crippen molar-refractivity contribution in [3.8, 4) is 5.75 Å². The van der Waals surface area contributed by atoms with Crippen molar-refractivity contribution in [1.29, 1.82) is 0 Å². The summed E-state index contributed by atoms with van der Waals surface area (Å²) in [6.07, 6.45) is -3.38. The molecule has 1 aromatic rings. The van der Waals surface area contributed by atoms with Gasteiger partial charge in [0, 0.05) is 12.1 Å². The molecule has 0 aliphatic rings. The average Bonchev–Trinajstić information content (AvgIpc) is 2.43. The number of alkyl halides is 3. The molecule has 0 unspecified atom stereocenters. The van der Waals surface area contributed by atoms with Crippen molar-refractivity contribution in [3.63, 3.8) is 0 Å². The monoisotopic (exact) mass is 332 g/mol. The van der Waals surface area contributed by atoms with E-state index in [1.54, 1.807) is 6.92 Å². The van der Waals surface area contributed by atoms with Crippen molar-refractivity contribution >= 4 is 17.5 Å². The number of nitrogens with one attached hydrogen (secondary N) is 2. The highest BCUT2D eigenvalue weighted by molar-refractivity contribution is 5.94. The van der Waals surface area contributed by atoms with Gasteiger partial charge in [-0.15, -0.1) is 0 Å². The topological polar surface area (TPSA) is 67.4 Å². The number of carbonyl (C=O) groups excluding carboxylic acids is 2. The van der Waals surface area contributed by atoms with Crippen molar-refractivity contribution in [2.24, 2.45) is 0 Å². The second-order valence-electron chi connectivity index (χ2n) is 4.96. The summed E-state index contributed by atoms with van der Waals surface area (Å²) >= 11 is 0. The molecule has 0 saturated heterocycles. The number of hydrogen-bond acceptors (Lipinski definition) is 3. The maximum atomic E-state index is 12.1. The van der Waals surface area contributed by atoms with Gasteiger partial charge in [-0.3, -0.25) is 9.59 Å². The number of amides is 2. The first-order valence-corrected chi connectivity index (χ1v) is 7.08. The van der Waals surface area contributed by atoms with Gasteiger partial charge in [0.15, 0.2) is 6.61 Å². The Balaban J connectivity index is 2.53. The van der Waals surface area contributed by atoms with Crippen molar-refractivity contribution in [3.05, 3.63) is 23.8 Å². The molecule has 0 fully saturated rings. The average molecular weight is 332 g/mol. The molecule has 0 radical (unpaired) electrons. The first-order valence-electron chi connectivity index (χ1n) is 7.08. The highest BCUT2D eigenvalue weighted by Gasteiger charge is 2.28. The van der Waals surface area contributed by atoms with E-state index >= 15 is 0 Å². The number of benzene rings is 1. The Hall–Kier alpha value is -2.25. The van der Waals surface area contributed by atoms with Crippen LogP contribution in [-0.2, 0) is 9.59 Å². The van der Waals surface area contributed by atoms with Crippen LogP contribution in [0, 0.1) is 6.92 Å². The predicted octanol–water partition coefficient (Wildman–Crippen LogP) is 2.79. The van der Waals surface area contributed by atoms with Crippen LogP contribution in [0.25, 0.3) is 0 Å². The van der Waals surface area contributed by atoms with Gasteiger partial charge in [0.1, 0.15) is 5.75 Å². The van der Waals surface area contributed by atoms with Crippen LogP contribution in [0.2, 0.25) is 0 Å². The molecule has 23 heavy (non-hydrogen) atoms. The van der Waals surface area contributed by atoms with Crippen LogP contribution in [-0.4, -0.2) is 31.1 Å². The lowest BCUT2D eigenvalue weighted by molar-refractivity contribution is -0.153. The molecule has 128 valence electrons. The molecular weight excluding hydrogens is 313 g/mol. The molecule has 0 saturated carbocycles. The molecule has 0 spiro atoms. The molecular formula is C15H19F3N2O3. The fourth-order valence-corrected chi connectivity index (χ4v) is 1.75. The third-order valence-corrected chi connectivity index (χ3v) is 2.77. The minimum Gasteiger partial charge on any atom is -0.484 e. The molecule has 8 heteroatoms. The van der Waals surface area contributed by atoms with Crippen molar-refractivity contribution in [2.75, 3.05) is 18.5 Å². The Morgan fingerprint density at radius 3 is 2.48 bits per heavy atom. The SMILES string of the molecule is CCCC(=O)NCC(=O)Nc1ccc(OCC(F)(F)F)c(C)c1. The summed E-state index contributed by atoms with van der Waals surface area (Å²) in [5.41, 5.74) is 0.874. The van der Waals surface area contributed by atoms with Crippen LogP contribution < -0.4 is 15.4 Å². The third kappa shape index (κ3) is 7.53. The van der Waals surface area contributed by atoms with E-state index in [-0.39, 0.29) is 18.2 Å². The Labute approximate surface area is 132 Å². The summed E-state index contributed by atoms with van der Waals surface area (Å²) in [6, 6.07) is 4.29.